The summed E-state index contributed by atoms with van der Waals surface area (Å²) in [5.41, 5.74) is 7.75. The number of hydrogen-bond acceptors (Lipinski definition) is 1. The first-order valence-corrected chi connectivity index (χ1v) is 9.32. The number of anilines is 3. The van der Waals surface area contributed by atoms with E-state index in [1.807, 2.05) is 0 Å². The summed E-state index contributed by atoms with van der Waals surface area (Å²) in [6, 6.07) is 26.6. The van der Waals surface area contributed by atoms with E-state index in [4.69, 9.17) is 0 Å². The molecular weight excluding hydrogens is 302 g/mol. The zero-order valence-corrected chi connectivity index (χ0v) is 15.5. The second kappa shape index (κ2) is 8.02. The molecule has 0 aliphatic carbocycles. The van der Waals surface area contributed by atoms with Gasteiger partial charge in [-0.15, -0.1) is 0 Å². The summed E-state index contributed by atoms with van der Waals surface area (Å²) in [6.07, 6.45) is 3.14. The molecule has 0 saturated carbocycles. The third-order valence-electron chi connectivity index (χ3n) is 4.73. The summed E-state index contributed by atoms with van der Waals surface area (Å²) in [5.74, 6) is 0. The first kappa shape index (κ1) is 17.3. The van der Waals surface area contributed by atoms with E-state index in [0.29, 0.717) is 0 Å². The van der Waals surface area contributed by atoms with Gasteiger partial charge in [-0.2, -0.15) is 0 Å². The van der Waals surface area contributed by atoms with Crippen LogP contribution in [0.15, 0.2) is 72.8 Å². The quantitative estimate of drug-likeness (QED) is 0.478. The average Bonchev–Trinajstić information content (AvgIpc) is 2.68. The van der Waals surface area contributed by atoms with Gasteiger partial charge in [0.25, 0.3) is 0 Å². The largest absolute Gasteiger partial charge is 0.310 e. The zero-order chi connectivity index (χ0) is 17.6. The zero-order valence-electron chi connectivity index (χ0n) is 15.5. The van der Waals surface area contributed by atoms with Gasteiger partial charge < -0.3 is 4.90 Å². The monoisotopic (exact) mass is 329 g/mol. The molecule has 0 saturated heterocycles. The lowest BCUT2D eigenvalue weighted by Gasteiger charge is -2.27. The molecule has 0 amide bonds. The lowest BCUT2D eigenvalue weighted by Crippen LogP contribution is -2.11. The van der Waals surface area contributed by atoms with Crippen LogP contribution in [0.1, 0.15) is 37.5 Å². The highest BCUT2D eigenvalue weighted by Gasteiger charge is 2.13. The molecule has 0 aromatic heterocycles. The Bertz CT molecular complexity index is 722. The molecule has 0 fully saturated rings. The lowest BCUT2D eigenvalue weighted by atomic mass is 10.1. The van der Waals surface area contributed by atoms with E-state index in [0.717, 1.165) is 19.3 Å². The van der Waals surface area contributed by atoms with Crippen molar-refractivity contribution in [2.75, 3.05) is 4.90 Å². The van der Waals surface area contributed by atoms with E-state index in [9.17, 15) is 0 Å². The number of hydrogen-bond donors (Lipinski definition) is 0. The van der Waals surface area contributed by atoms with Crippen molar-refractivity contribution in [1.82, 2.24) is 0 Å². The minimum Gasteiger partial charge on any atom is -0.310 e. The molecule has 0 atom stereocenters. The molecule has 0 aliphatic heterocycles. The molecule has 0 bridgehead atoms. The van der Waals surface area contributed by atoms with E-state index in [1.54, 1.807) is 0 Å². The van der Waals surface area contributed by atoms with Crippen molar-refractivity contribution >= 4 is 17.1 Å². The molecule has 25 heavy (non-hydrogen) atoms. The van der Waals surface area contributed by atoms with Crippen LogP contribution in [-0.4, -0.2) is 0 Å². The van der Waals surface area contributed by atoms with Gasteiger partial charge >= 0.3 is 0 Å². The van der Waals surface area contributed by atoms with Crippen LogP contribution in [0.25, 0.3) is 0 Å². The molecule has 0 unspecified atom stereocenters. The van der Waals surface area contributed by atoms with Crippen molar-refractivity contribution < 1.29 is 0 Å². The Morgan fingerprint density at radius 3 is 1.12 bits per heavy atom. The average molecular weight is 329 g/mol. The highest BCUT2D eigenvalue weighted by Crippen LogP contribution is 2.35. The molecule has 3 aromatic rings. The second-order valence-corrected chi connectivity index (χ2v) is 6.41. The van der Waals surface area contributed by atoms with Gasteiger partial charge in [0.2, 0.25) is 0 Å². The Balaban J connectivity index is 2.16. The second-order valence-electron chi connectivity index (χ2n) is 6.41. The SMILES string of the molecule is CCc1cccc(N(c2cccc(CC)c2)c2cccc(CC)c2)c1. The van der Waals surface area contributed by atoms with Gasteiger partial charge in [-0.25, -0.2) is 0 Å². The summed E-state index contributed by atoms with van der Waals surface area (Å²) >= 11 is 0. The van der Waals surface area contributed by atoms with Gasteiger partial charge in [0.05, 0.1) is 0 Å². The Morgan fingerprint density at radius 2 is 0.840 bits per heavy atom. The predicted octanol–water partition coefficient (Wildman–Crippen LogP) is 6.84. The van der Waals surface area contributed by atoms with Crippen molar-refractivity contribution in [2.45, 2.75) is 40.0 Å². The number of rotatable bonds is 6. The molecule has 3 rings (SSSR count). The minimum absolute atomic E-state index is 1.05. The standard InChI is InChI=1S/C24H27N/c1-4-19-10-7-13-22(16-19)25(23-14-8-11-20(5-2)17-23)24-15-9-12-21(6-3)18-24/h7-18H,4-6H2,1-3H3. The summed E-state index contributed by atoms with van der Waals surface area (Å²) in [6.45, 7) is 6.62. The van der Waals surface area contributed by atoms with Gasteiger partial charge in [0, 0.05) is 17.1 Å². The van der Waals surface area contributed by atoms with Crippen molar-refractivity contribution in [1.29, 1.82) is 0 Å². The van der Waals surface area contributed by atoms with Crippen molar-refractivity contribution in [2.24, 2.45) is 0 Å². The van der Waals surface area contributed by atoms with E-state index < -0.39 is 0 Å². The third kappa shape index (κ3) is 3.93. The Labute approximate surface area is 151 Å². The summed E-state index contributed by atoms with van der Waals surface area (Å²) in [7, 11) is 0. The molecule has 3 aromatic carbocycles. The smallest absolute Gasteiger partial charge is 0.0464 e. The molecular formula is C24H27N. The first-order chi connectivity index (χ1) is 12.2. The molecule has 0 heterocycles. The molecule has 128 valence electrons. The fourth-order valence-electron chi connectivity index (χ4n) is 3.19. The Kier molecular flexibility index (Phi) is 5.55. The van der Waals surface area contributed by atoms with Crippen LogP contribution in [0, 0.1) is 0 Å². The van der Waals surface area contributed by atoms with E-state index >= 15 is 0 Å². The van der Waals surface area contributed by atoms with Crippen LogP contribution in [0.3, 0.4) is 0 Å². The maximum absolute atomic E-state index is 2.37. The first-order valence-electron chi connectivity index (χ1n) is 9.32. The number of benzene rings is 3. The molecule has 0 spiro atoms. The maximum atomic E-state index is 2.37. The van der Waals surface area contributed by atoms with Crippen LogP contribution >= 0.6 is 0 Å². The van der Waals surface area contributed by atoms with Gasteiger partial charge in [-0.1, -0.05) is 57.2 Å². The van der Waals surface area contributed by atoms with Gasteiger partial charge in [0.15, 0.2) is 0 Å². The summed E-state index contributed by atoms with van der Waals surface area (Å²) in [4.78, 5) is 2.37. The molecule has 1 heteroatoms. The van der Waals surface area contributed by atoms with Crippen LogP contribution in [0.5, 0.6) is 0 Å². The fourth-order valence-corrected chi connectivity index (χ4v) is 3.19. The normalized spacial score (nSPS) is 10.7. The number of aryl methyl sites for hydroxylation is 3. The van der Waals surface area contributed by atoms with Gasteiger partial charge in [-0.3, -0.25) is 0 Å². The number of nitrogens with zero attached hydrogens (tertiary/aromatic N) is 1. The maximum Gasteiger partial charge on any atom is 0.0464 e. The van der Waals surface area contributed by atoms with Crippen molar-refractivity contribution in [3.8, 4) is 0 Å². The molecule has 1 nitrogen and oxygen atoms in total. The van der Waals surface area contributed by atoms with Crippen molar-refractivity contribution in [3.63, 3.8) is 0 Å². The molecule has 0 N–H and O–H groups in total. The highest BCUT2D eigenvalue weighted by atomic mass is 15.1. The Morgan fingerprint density at radius 1 is 0.520 bits per heavy atom. The fraction of sp³-hybridized carbons (Fsp3) is 0.250. The van der Waals surface area contributed by atoms with E-state index in [1.165, 1.54) is 33.8 Å². The van der Waals surface area contributed by atoms with Crippen LogP contribution in [-0.2, 0) is 19.3 Å². The van der Waals surface area contributed by atoms with Gasteiger partial charge in [-0.05, 0) is 72.4 Å². The Hall–Kier alpha value is -2.54. The van der Waals surface area contributed by atoms with Gasteiger partial charge in [0.1, 0.15) is 0 Å². The minimum atomic E-state index is 1.05. The predicted molar refractivity (Wildman–Crippen MR) is 109 cm³/mol. The lowest BCUT2D eigenvalue weighted by molar-refractivity contribution is 1.11. The van der Waals surface area contributed by atoms with Crippen LogP contribution in [0.2, 0.25) is 0 Å². The van der Waals surface area contributed by atoms with E-state index in [2.05, 4.69) is 98.5 Å². The highest BCUT2D eigenvalue weighted by molar-refractivity contribution is 5.77. The van der Waals surface area contributed by atoms with E-state index in [-0.39, 0.29) is 0 Å². The summed E-state index contributed by atoms with van der Waals surface area (Å²) < 4.78 is 0. The van der Waals surface area contributed by atoms with Crippen LogP contribution in [0.4, 0.5) is 17.1 Å². The molecule has 0 aliphatic rings. The molecule has 0 radical (unpaired) electrons. The topological polar surface area (TPSA) is 3.24 Å². The van der Waals surface area contributed by atoms with Crippen molar-refractivity contribution in [3.05, 3.63) is 89.5 Å². The van der Waals surface area contributed by atoms with Crippen LogP contribution < -0.4 is 4.90 Å². The summed E-state index contributed by atoms with van der Waals surface area (Å²) in [5, 5.41) is 0. The third-order valence-corrected chi connectivity index (χ3v) is 4.73.